The molecule has 1 aliphatic rings. The van der Waals surface area contributed by atoms with E-state index >= 15 is 0 Å². The van der Waals surface area contributed by atoms with Gasteiger partial charge in [-0.15, -0.1) is 0 Å². The Morgan fingerprint density at radius 1 is 0.625 bits per heavy atom. The molecular weight excluding hydrogens is 681 g/mol. The molecule has 0 saturated heterocycles. The molecule has 1 heterocycles. The molecule has 0 unspecified atom stereocenters. The van der Waals surface area contributed by atoms with Crippen molar-refractivity contribution in [2.24, 2.45) is 0 Å². The molecule has 1 aliphatic carbocycles. The van der Waals surface area contributed by atoms with E-state index in [0.717, 1.165) is 45.7 Å². The molecule has 9 rings (SSSR count). The number of carbonyl (C=O) groups is 1. The summed E-state index contributed by atoms with van der Waals surface area (Å²) in [5.41, 5.74) is 16.5. The Labute approximate surface area is 328 Å². The molecule has 0 amide bonds. The van der Waals surface area contributed by atoms with Crippen LogP contribution in [0.3, 0.4) is 0 Å². The van der Waals surface area contributed by atoms with E-state index in [1.165, 1.54) is 49.6 Å². The minimum atomic E-state index is -0.266. The van der Waals surface area contributed by atoms with Gasteiger partial charge in [0.05, 0.1) is 11.0 Å². The second kappa shape index (κ2) is 14.0. The summed E-state index contributed by atoms with van der Waals surface area (Å²) in [6.07, 6.45) is 8.99. The number of hydrogen-bond donors (Lipinski definition) is 0. The van der Waals surface area contributed by atoms with E-state index in [0.29, 0.717) is 5.56 Å². The predicted molar refractivity (Wildman–Crippen MR) is 237 cm³/mol. The first-order chi connectivity index (χ1) is 27.4. The molecule has 0 saturated carbocycles. The van der Waals surface area contributed by atoms with Gasteiger partial charge in [-0.3, -0.25) is 4.79 Å². The minimum absolute atomic E-state index is 0.266. The largest absolute Gasteiger partial charge is 0.310 e. The first-order valence-corrected chi connectivity index (χ1v) is 19.2. The topological polar surface area (TPSA) is 25.2 Å². The molecule has 3 nitrogen and oxygen atoms in total. The van der Waals surface area contributed by atoms with Crippen LogP contribution in [0.1, 0.15) is 47.8 Å². The quantitative estimate of drug-likeness (QED) is 0.109. The van der Waals surface area contributed by atoms with Crippen LogP contribution in [-0.4, -0.2) is 10.9 Å². The molecule has 0 atom stereocenters. The van der Waals surface area contributed by atoms with E-state index < -0.39 is 0 Å². The average Bonchev–Trinajstić information content (AvgIpc) is 3.69. The normalized spacial score (nSPS) is 13.2. The number of benzene rings is 7. The van der Waals surface area contributed by atoms with Gasteiger partial charge in [0.15, 0.2) is 0 Å². The monoisotopic (exact) mass is 722 g/mol. The third kappa shape index (κ3) is 5.80. The Balaban J connectivity index is 1.14. The number of carbonyl (C=O) groups excluding carboxylic acids is 1. The summed E-state index contributed by atoms with van der Waals surface area (Å²) in [7, 11) is 0. The maximum Gasteiger partial charge on any atom is 0.150 e. The van der Waals surface area contributed by atoms with Crippen molar-refractivity contribution in [2.45, 2.75) is 26.2 Å². The van der Waals surface area contributed by atoms with Crippen molar-refractivity contribution in [3.05, 3.63) is 211 Å². The Hall–Kier alpha value is -6.97. The lowest BCUT2D eigenvalue weighted by atomic mass is 9.82. The van der Waals surface area contributed by atoms with E-state index in [1.807, 2.05) is 37.3 Å². The van der Waals surface area contributed by atoms with Crippen LogP contribution in [-0.2, 0) is 5.41 Å². The van der Waals surface area contributed by atoms with Gasteiger partial charge in [-0.05, 0) is 124 Å². The third-order valence-corrected chi connectivity index (χ3v) is 11.4. The lowest BCUT2D eigenvalue weighted by Crippen LogP contribution is -2.17. The molecule has 56 heavy (non-hydrogen) atoms. The highest BCUT2D eigenvalue weighted by Gasteiger charge is 2.36. The second-order valence-electron chi connectivity index (χ2n) is 15.0. The number of anilines is 3. The first-order valence-electron chi connectivity index (χ1n) is 19.2. The van der Waals surface area contributed by atoms with Crippen LogP contribution in [0.5, 0.6) is 0 Å². The molecule has 270 valence electrons. The highest BCUT2D eigenvalue weighted by atomic mass is 16.1. The minimum Gasteiger partial charge on any atom is -0.310 e. The Morgan fingerprint density at radius 2 is 1.25 bits per heavy atom. The number of nitrogens with zero attached hydrogens (tertiary/aromatic N) is 2. The maximum absolute atomic E-state index is 11.7. The van der Waals surface area contributed by atoms with Crippen LogP contribution in [0.2, 0.25) is 0 Å². The number of aldehydes is 1. The smallest absolute Gasteiger partial charge is 0.150 e. The van der Waals surface area contributed by atoms with Crippen LogP contribution >= 0.6 is 0 Å². The average molecular weight is 723 g/mol. The summed E-state index contributed by atoms with van der Waals surface area (Å²) in [4.78, 5) is 14.1. The predicted octanol–water partition coefficient (Wildman–Crippen LogP) is 14.2. The number of fused-ring (bicyclic) bond motifs is 6. The standard InChI is InChI=1S/C53H42N2O/c1-5-7-13-37(6-2)38-19-24-42(25-20-38)54(44-28-30-46-45-29-18-36(35-56)32-49(45)53(3,4)50(46)34-44)43-26-21-39(22-27-43)40-23-31-52-48(33-40)47-16-11-12-17-51(47)55(52)41-14-9-8-10-15-41/h5-35H,2H2,1,3-4H3/b7-5-,37-13+. The van der Waals surface area contributed by atoms with Gasteiger partial charge in [-0.1, -0.05) is 130 Å². The van der Waals surface area contributed by atoms with E-state index in [2.05, 4.69) is 182 Å². The summed E-state index contributed by atoms with van der Waals surface area (Å²) in [5, 5.41) is 2.47. The lowest BCUT2D eigenvalue weighted by molar-refractivity contribution is 0.112. The van der Waals surface area contributed by atoms with E-state index in [4.69, 9.17) is 0 Å². The number of hydrogen-bond acceptors (Lipinski definition) is 2. The summed E-state index contributed by atoms with van der Waals surface area (Å²) in [6, 6.07) is 56.6. The van der Waals surface area contributed by atoms with Crippen molar-refractivity contribution in [3.8, 4) is 27.9 Å². The fourth-order valence-corrected chi connectivity index (χ4v) is 8.50. The van der Waals surface area contributed by atoms with Crippen molar-refractivity contribution in [2.75, 3.05) is 4.90 Å². The van der Waals surface area contributed by atoms with Gasteiger partial charge in [0.2, 0.25) is 0 Å². The van der Waals surface area contributed by atoms with Crippen molar-refractivity contribution < 1.29 is 4.79 Å². The molecule has 0 aliphatic heterocycles. The van der Waals surface area contributed by atoms with Gasteiger partial charge in [0, 0.05) is 44.5 Å². The zero-order chi connectivity index (χ0) is 38.4. The molecule has 3 heteroatoms. The zero-order valence-corrected chi connectivity index (χ0v) is 31.9. The Kier molecular flexibility index (Phi) is 8.71. The molecule has 7 aromatic carbocycles. The molecular formula is C53H42N2O. The molecule has 0 bridgehead atoms. The second-order valence-corrected chi connectivity index (χ2v) is 15.0. The van der Waals surface area contributed by atoms with Crippen molar-refractivity contribution in [1.29, 1.82) is 0 Å². The van der Waals surface area contributed by atoms with Crippen molar-refractivity contribution in [1.82, 2.24) is 4.57 Å². The third-order valence-electron chi connectivity index (χ3n) is 11.4. The van der Waals surface area contributed by atoms with Gasteiger partial charge in [-0.25, -0.2) is 0 Å². The molecule has 1 aromatic heterocycles. The molecule has 8 aromatic rings. The number of para-hydroxylation sites is 2. The summed E-state index contributed by atoms with van der Waals surface area (Å²) >= 11 is 0. The number of rotatable bonds is 9. The van der Waals surface area contributed by atoms with E-state index in [-0.39, 0.29) is 5.41 Å². The molecule has 0 fully saturated rings. The van der Waals surface area contributed by atoms with Crippen LogP contribution in [0, 0.1) is 0 Å². The van der Waals surface area contributed by atoms with Crippen LogP contribution in [0.25, 0.3) is 55.3 Å². The highest BCUT2D eigenvalue weighted by molar-refractivity contribution is 6.10. The zero-order valence-electron chi connectivity index (χ0n) is 31.9. The number of allylic oxidation sites excluding steroid dienone is 5. The molecule has 0 N–H and O–H groups in total. The van der Waals surface area contributed by atoms with Gasteiger partial charge < -0.3 is 9.47 Å². The highest BCUT2D eigenvalue weighted by Crippen LogP contribution is 2.51. The van der Waals surface area contributed by atoms with Gasteiger partial charge >= 0.3 is 0 Å². The van der Waals surface area contributed by atoms with Gasteiger partial charge in [-0.2, -0.15) is 0 Å². The van der Waals surface area contributed by atoms with E-state index in [1.54, 1.807) is 0 Å². The van der Waals surface area contributed by atoms with Gasteiger partial charge in [0.1, 0.15) is 6.29 Å². The summed E-state index contributed by atoms with van der Waals surface area (Å²) < 4.78 is 2.35. The first kappa shape index (κ1) is 34.8. The molecule has 0 radical (unpaired) electrons. The Morgan fingerprint density at radius 3 is 1.96 bits per heavy atom. The van der Waals surface area contributed by atoms with Crippen LogP contribution in [0.15, 0.2) is 189 Å². The Bertz CT molecular complexity index is 2850. The lowest BCUT2D eigenvalue weighted by Gasteiger charge is -2.28. The fourth-order valence-electron chi connectivity index (χ4n) is 8.50. The maximum atomic E-state index is 11.7. The molecule has 0 spiro atoms. The van der Waals surface area contributed by atoms with Crippen molar-refractivity contribution in [3.63, 3.8) is 0 Å². The van der Waals surface area contributed by atoms with E-state index in [9.17, 15) is 4.79 Å². The SMILES string of the molecule is C=C/C(=C\C=C/C)c1ccc(N(c2ccc(-c3ccc4c(c3)c3ccccc3n4-c3ccccc3)cc2)c2ccc3c(c2)C(C)(C)c2cc(C=O)ccc2-3)cc1. The van der Waals surface area contributed by atoms with Gasteiger partial charge in [0.25, 0.3) is 0 Å². The van der Waals surface area contributed by atoms with Crippen LogP contribution < -0.4 is 4.90 Å². The summed E-state index contributed by atoms with van der Waals surface area (Å²) in [6.45, 7) is 10.6. The number of aromatic nitrogens is 1. The van der Waals surface area contributed by atoms with Crippen molar-refractivity contribution >= 4 is 50.7 Å². The summed E-state index contributed by atoms with van der Waals surface area (Å²) in [5.74, 6) is 0. The van der Waals surface area contributed by atoms with Crippen LogP contribution in [0.4, 0.5) is 17.1 Å². The fraction of sp³-hybridized carbons (Fsp3) is 0.0755.